The van der Waals surface area contributed by atoms with E-state index < -0.39 is 0 Å². The number of carbonyl (C=O) groups is 1. The second kappa shape index (κ2) is 11.4. The van der Waals surface area contributed by atoms with E-state index in [2.05, 4.69) is 10.3 Å². The minimum atomic E-state index is -0.162. The van der Waals surface area contributed by atoms with Crippen LogP contribution < -0.4 is 19.5 Å². The van der Waals surface area contributed by atoms with Crippen LogP contribution in [0.2, 0.25) is 0 Å². The first kappa shape index (κ1) is 21.9. The van der Waals surface area contributed by atoms with Crippen molar-refractivity contribution < 1.29 is 19.0 Å². The number of aromatic nitrogens is 1. The fourth-order valence-corrected chi connectivity index (χ4v) is 2.93. The van der Waals surface area contributed by atoms with Crippen molar-refractivity contribution in [1.82, 2.24) is 10.3 Å². The molecule has 0 unspecified atom stereocenters. The Morgan fingerprint density at radius 2 is 1.81 bits per heavy atom. The lowest BCUT2D eigenvalue weighted by molar-refractivity contribution is -0.116. The number of pyridine rings is 1. The number of nitrogens with zero attached hydrogens (tertiary/aromatic N) is 1. The largest absolute Gasteiger partial charge is 0.493 e. The van der Waals surface area contributed by atoms with Crippen molar-refractivity contribution in [2.24, 2.45) is 0 Å². The second-order valence-corrected chi connectivity index (χ2v) is 6.77. The van der Waals surface area contributed by atoms with Crippen molar-refractivity contribution in [2.45, 2.75) is 13.0 Å². The maximum absolute atomic E-state index is 12.1. The molecule has 0 bridgehead atoms. The highest BCUT2D eigenvalue weighted by molar-refractivity contribution is 5.91. The molecule has 160 valence electrons. The molecule has 1 heterocycles. The number of nitrogens with one attached hydrogen (secondary N) is 1. The molecule has 1 amide bonds. The van der Waals surface area contributed by atoms with Crippen LogP contribution in [0.5, 0.6) is 17.4 Å². The Labute approximate surface area is 182 Å². The van der Waals surface area contributed by atoms with Crippen LogP contribution in [0.1, 0.15) is 16.7 Å². The predicted octanol–water partition coefficient (Wildman–Crippen LogP) is 4.05. The van der Waals surface area contributed by atoms with E-state index in [9.17, 15) is 4.79 Å². The Balaban J connectivity index is 1.52. The quantitative estimate of drug-likeness (QED) is 0.503. The molecule has 3 rings (SSSR count). The van der Waals surface area contributed by atoms with Gasteiger partial charge in [-0.25, -0.2) is 4.98 Å². The summed E-state index contributed by atoms with van der Waals surface area (Å²) in [6.07, 6.45) is 5.53. The molecule has 31 heavy (non-hydrogen) atoms. The molecule has 0 aliphatic carbocycles. The maximum atomic E-state index is 12.1. The standard InChI is InChI=1S/C25H26N2O4/c1-29-22-10-8-19(16-23(22)31-18-21-6-4-3-5-7-21)12-14-26-24(28)11-9-20-13-15-27-25(17-20)30-2/h3-11,13,15-17H,12,14,18H2,1-2H3,(H,26,28). The van der Waals surface area contributed by atoms with Crippen molar-refractivity contribution in [2.75, 3.05) is 20.8 Å². The molecule has 0 fully saturated rings. The number of amides is 1. The lowest BCUT2D eigenvalue weighted by Gasteiger charge is -2.12. The number of methoxy groups -OCH3 is 2. The van der Waals surface area contributed by atoms with Gasteiger partial charge >= 0.3 is 0 Å². The predicted molar refractivity (Wildman–Crippen MR) is 120 cm³/mol. The Kier molecular flexibility index (Phi) is 8.05. The summed E-state index contributed by atoms with van der Waals surface area (Å²) in [4.78, 5) is 16.1. The first-order chi connectivity index (χ1) is 15.2. The van der Waals surface area contributed by atoms with E-state index in [4.69, 9.17) is 14.2 Å². The Morgan fingerprint density at radius 3 is 2.58 bits per heavy atom. The van der Waals surface area contributed by atoms with Crippen LogP contribution in [0.15, 0.2) is 72.9 Å². The van der Waals surface area contributed by atoms with E-state index in [0.717, 1.165) is 16.7 Å². The number of hydrogen-bond acceptors (Lipinski definition) is 5. The van der Waals surface area contributed by atoms with E-state index in [0.29, 0.717) is 37.0 Å². The number of rotatable bonds is 10. The van der Waals surface area contributed by atoms with Crippen molar-refractivity contribution >= 4 is 12.0 Å². The fraction of sp³-hybridized carbons (Fsp3) is 0.200. The summed E-state index contributed by atoms with van der Waals surface area (Å²) >= 11 is 0. The van der Waals surface area contributed by atoms with Crippen LogP contribution >= 0.6 is 0 Å². The summed E-state index contributed by atoms with van der Waals surface area (Å²) in [5, 5.41) is 2.89. The summed E-state index contributed by atoms with van der Waals surface area (Å²) < 4.78 is 16.4. The van der Waals surface area contributed by atoms with Crippen LogP contribution in [-0.2, 0) is 17.8 Å². The minimum absolute atomic E-state index is 0.162. The molecule has 1 aromatic heterocycles. The van der Waals surface area contributed by atoms with Crippen molar-refractivity contribution in [3.63, 3.8) is 0 Å². The van der Waals surface area contributed by atoms with Gasteiger partial charge < -0.3 is 19.5 Å². The van der Waals surface area contributed by atoms with Crippen LogP contribution in [0.3, 0.4) is 0 Å². The van der Waals surface area contributed by atoms with Gasteiger partial charge in [0.15, 0.2) is 11.5 Å². The smallest absolute Gasteiger partial charge is 0.244 e. The molecule has 0 saturated carbocycles. The molecule has 0 saturated heterocycles. The van der Waals surface area contributed by atoms with Gasteiger partial charge in [0.05, 0.1) is 14.2 Å². The number of benzene rings is 2. The summed E-state index contributed by atoms with van der Waals surface area (Å²) in [6.45, 7) is 0.968. The van der Waals surface area contributed by atoms with Gasteiger partial charge in [0, 0.05) is 24.9 Å². The molecule has 6 heteroatoms. The highest BCUT2D eigenvalue weighted by atomic mass is 16.5. The highest BCUT2D eigenvalue weighted by Gasteiger charge is 2.07. The Morgan fingerprint density at radius 1 is 0.968 bits per heavy atom. The molecule has 3 aromatic rings. The van der Waals surface area contributed by atoms with Crippen molar-refractivity contribution in [3.05, 3.63) is 89.6 Å². The summed E-state index contributed by atoms with van der Waals surface area (Å²) in [5.74, 6) is 1.71. The average Bonchev–Trinajstić information content (AvgIpc) is 2.82. The summed E-state index contributed by atoms with van der Waals surface area (Å²) in [7, 11) is 3.18. The van der Waals surface area contributed by atoms with Crippen LogP contribution in [0.4, 0.5) is 0 Å². The zero-order valence-electron chi connectivity index (χ0n) is 17.7. The Hall–Kier alpha value is -3.80. The molecule has 2 aromatic carbocycles. The van der Waals surface area contributed by atoms with E-state index in [-0.39, 0.29) is 5.91 Å². The van der Waals surface area contributed by atoms with Gasteiger partial charge in [-0.2, -0.15) is 0 Å². The maximum Gasteiger partial charge on any atom is 0.244 e. The average molecular weight is 418 g/mol. The molecule has 0 aliphatic rings. The number of hydrogen-bond donors (Lipinski definition) is 1. The zero-order chi connectivity index (χ0) is 21.9. The summed E-state index contributed by atoms with van der Waals surface area (Å²) in [5.41, 5.74) is 2.98. The van der Waals surface area contributed by atoms with Gasteiger partial charge in [0.25, 0.3) is 0 Å². The van der Waals surface area contributed by atoms with E-state index in [1.165, 1.54) is 6.08 Å². The van der Waals surface area contributed by atoms with E-state index >= 15 is 0 Å². The van der Waals surface area contributed by atoms with Crippen LogP contribution in [0.25, 0.3) is 6.08 Å². The monoisotopic (exact) mass is 418 g/mol. The lowest BCUT2D eigenvalue weighted by Crippen LogP contribution is -2.23. The normalized spacial score (nSPS) is 10.6. The molecule has 6 nitrogen and oxygen atoms in total. The van der Waals surface area contributed by atoms with E-state index in [1.54, 1.807) is 38.6 Å². The Bertz CT molecular complexity index is 1020. The minimum Gasteiger partial charge on any atom is -0.493 e. The SMILES string of the molecule is COc1cc(C=CC(=O)NCCc2ccc(OC)c(OCc3ccccc3)c2)ccn1. The van der Waals surface area contributed by atoms with Gasteiger partial charge in [0.2, 0.25) is 11.8 Å². The number of ether oxygens (including phenoxy) is 3. The van der Waals surface area contributed by atoms with Gasteiger partial charge in [0.1, 0.15) is 6.61 Å². The van der Waals surface area contributed by atoms with Gasteiger partial charge in [-0.15, -0.1) is 0 Å². The molecular weight excluding hydrogens is 392 g/mol. The molecular formula is C25H26N2O4. The van der Waals surface area contributed by atoms with Gasteiger partial charge in [-0.05, 0) is 47.4 Å². The fourth-order valence-electron chi connectivity index (χ4n) is 2.93. The van der Waals surface area contributed by atoms with E-state index in [1.807, 2.05) is 48.5 Å². The zero-order valence-corrected chi connectivity index (χ0v) is 17.7. The van der Waals surface area contributed by atoms with Gasteiger partial charge in [-0.3, -0.25) is 4.79 Å². The van der Waals surface area contributed by atoms with Crippen molar-refractivity contribution in [3.8, 4) is 17.4 Å². The van der Waals surface area contributed by atoms with Crippen LogP contribution in [0, 0.1) is 0 Å². The first-order valence-electron chi connectivity index (χ1n) is 9.97. The number of carbonyl (C=O) groups excluding carboxylic acids is 1. The molecule has 0 radical (unpaired) electrons. The summed E-state index contributed by atoms with van der Waals surface area (Å²) in [6, 6.07) is 19.3. The molecule has 1 N–H and O–H groups in total. The molecule has 0 spiro atoms. The first-order valence-corrected chi connectivity index (χ1v) is 9.97. The topological polar surface area (TPSA) is 69.7 Å². The lowest BCUT2D eigenvalue weighted by atomic mass is 10.1. The molecule has 0 aliphatic heterocycles. The third-order valence-corrected chi connectivity index (χ3v) is 4.57. The van der Waals surface area contributed by atoms with Crippen molar-refractivity contribution in [1.29, 1.82) is 0 Å². The highest BCUT2D eigenvalue weighted by Crippen LogP contribution is 2.29. The third kappa shape index (κ3) is 6.89. The molecule has 0 atom stereocenters. The third-order valence-electron chi connectivity index (χ3n) is 4.57. The second-order valence-electron chi connectivity index (χ2n) is 6.77. The van der Waals surface area contributed by atoms with Crippen LogP contribution in [-0.4, -0.2) is 31.7 Å². The van der Waals surface area contributed by atoms with Gasteiger partial charge in [-0.1, -0.05) is 36.4 Å².